The number of hydrogen-bond donors (Lipinski definition) is 1. The topological polar surface area (TPSA) is 108 Å². The Bertz CT molecular complexity index is 768. The van der Waals surface area contributed by atoms with Gasteiger partial charge in [0.25, 0.3) is 0 Å². The first kappa shape index (κ1) is 41.8. The van der Waals surface area contributed by atoms with E-state index in [0.717, 1.165) is 51.4 Å². The lowest BCUT2D eigenvalue weighted by Gasteiger charge is -2.24. The Hall–Kier alpha value is -1.25. The number of unbranched alkanes of at least 4 members (excludes halogenated alkanes) is 14. The van der Waals surface area contributed by atoms with E-state index in [0.29, 0.717) is 17.4 Å². The molecule has 0 saturated carbocycles. The van der Waals surface area contributed by atoms with E-state index in [1.165, 1.54) is 51.4 Å². The summed E-state index contributed by atoms with van der Waals surface area (Å²) in [4.78, 5) is 34.8. The van der Waals surface area contributed by atoms with Crippen LogP contribution >= 0.6 is 7.82 Å². The molecule has 1 unspecified atom stereocenters. The lowest BCUT2D eigenvalue weighted by Crippen LogP contribution is -2.37. The molecule has 9 nitrogen and oxygen atoms in total. The van der Waals surface area contributed by atoms with Gasteiger partial charge >= 0.3 is 19.8 Å². The number of esters is 2. The van der Waals surface area contributed by atoms with Crippen LogP contribution in [0.25, 0.3) is 0 Å². The van der Waals surface area contributed by atoms with Crippen molar-refractivity contribution in [1.29, 1.82) is 0 Å². The van der Waals surface area contributed by atoms with E-state index < -0.39 is 26.5 Å². The molecule has 43 heavy (non-hydrogen) atoms. The minimum atomic E-state index is -4.35. The Balaban J connectivity index is 4.50. The molecule has 0 radical (unpaired) electrons. The fraction of sp³-hybridized carbons (Fsp3) is 0.879. The van der Waals surface area contributed by atoms with Crippen LogP contribution in [0, 0.1) is 0 Å². The molecule has 0 aliphatic carbocycles. The molecular formula is C33H65NO8P+. The van der Waals surface area contributed by atoms with Crippen molar-refractivity contribution in [2.24, 2.45) is 0 Å². The number of carbonyl (C=O) groups is 2. The Labute approximate surface area is 263 Å². The van der Waals surface area contributed by atoms with Crippen LogP contribution in [0.2, 0.25) is 0 Å². The van der Waals surface area contributed by atoms with Crippen molar-refractivity contribution >= 4 is 19.8 Å². The van der Waals surface area contributed by atoms with Gasteiger partial charge in [0, 0.05) is 12.8 Å². The molecular weight excluding hydrogens is 569 g/mol. The molecule has 0 aromatic carbocycles. The first-order chi connectivity index (χ1) is 20.5. The number of carbonyl (C=O) groups excluding carboxylic acids is 2. The fourth-order valence-corrected chi connectivity index (χ4v) is 5.04. The predicted octanol–water partition coefficient (Wildman–Crippen LogP) is 8.29. The van der Waals surface area contributed by atoms with Crippen molar-refractivity contribution < 1.29 is 42.1 Å². The van der Waals surface area contributed by atoms with E-state index in [1.807, 2.05) is 21.1 Å². The van der Waals surface area contributed by atoms with E-state index in [2.05, 4.69) is 26.0 Å². The summed E-state index contributed by atoms with van der Waals surface area (Å²) in [6.07, 6.45) is 22.8. The molecule has 0 aromatic rings. The number of ether oxygens (including phenoxy) is 2. The Kier molecular flexibility index (Phi) is 26.3. The van der Waals surface area contributed by atoms with Gasteiger partial charge < -0.3 is 18.9 Å². The van der Waals surface area contributed by atoms with Crippen LogP contribution in [-0.4, -0.2) is 74.9 Å². The average molecular weight is 635 g/mol. The Morgan fingerprint density at radius 2 is 1.19 bits per heavy atom. The van der Waals surface area contributed by atoms with Crippen LogP contribution in [0.5, 0.6) is 0 Å². The zero-order valence-corrected chi connectivity index (χ0v) is 29.1. The van der Waals surface area contributed by atoms with Gasteiger partial charge in [0.1, 0.15) is 19.8 Å². The molecule has 254 valence electrons. The summed E-state index contributed by atoms with van der Waals surface area (Å²) in [7, 11) is 1.47. The molecule has 0 spiro atoms. The van der Waals surface area contributed by atoms with Gasteiger partial charge in [-0.15, -0.1) is 0 Å². The molecule has 0 aliphatic rings. The molecule has 1 N–H and O–H groups in total. The van der Waals surface area contributed by atoms with E-state index in [9.17, 15) is 19.0 Å². The minimum Gasteiger partial charge on any atom is -0.462 e. The highest BCUT2D eigenvalue weighted by Crippen LogP contribution is 2.43. The second kappa shape index (κ2) is 27.1. The summed E-state index contributed by atoms with van der Waals surface area (Å²) >= 11 is 0. The molecule has 0 aliphatic heterocycles. The lowest BCUT2D eigenvalue weighted by molar-refractivity contribution is -0.870. The molecule has 0 rings (SSSR count). The second-order valence-electron chi connectivity index (χ2n) is 12.6. The number of quaternary nitrogens is 1. The van der Waals surface area contributed by atoms with Crippen LogP contribution in [0.1, 0.15) is 136 Å². The standard InChI is InChI=1S/C33H64NO8P/c1-6-8-10-12-14-15-16-17-18-20-22-24-26-33(36)42-31(30-41-43(37,38)40-28-27-34(3,4)5)29-39-32(35)25-23-21-19-13-11-9-7-2/h14-15,31H,6-13,16-30H2,1-5H3/p+1/b15-14+/t31-/m0/s1. The third kappa shape index (κ3) is 30.6. The predicted molar refractivity (Wildman–Crippen MR) is 174 cm³/mol. The summed E-state index contributed by atoms with van der Waals surface area (Å²) in [5, 5.41) is 0. The second-order valence-corrected chi connectivity index (χ2v) is 14.0. The van der Waals surface area contributed by atoms with Crippen molar-refractivity contribution in [2.75, 3.05) is 47.5 Å². The summed E-state index contributed by atoms with van der Waals surface area (Å²) in [6.45, 7) is 4.31. The van der Waals surface area contributed by atoms with Crippen LogP contribution in [0.4, 0.5) is 0 Å². The number of allylic oxidation sites excluding steroid dienone is 2. The van der Waals surface area contributed by atoms with Gasteiger partial charge in [0.15, 0.2) is 6.10 Å². The maximum Gasteiger partial charge on any atom is 0.472 e. The van der Waals surface area contributed by atoms with Crippen LogP contribution < -0.4 is 0 Å². The van der Waals surface area contributed by atoms with Crippen molar-refractivity contribution in [3.63, 3.8) is 0 Å². The third-order valence-corrected chi connectivity index (χ3v) is 8.03. The van der Waals surface area contributed by atoms with Gasteiger partial charge in [0.05, 0.1) is 27.7 Å². The van der Waals surface area contributed by atoms with Gasteiger partial charge in [-0.1, -0.05) is 96.6 Å². The zero-order valence-electron chi connectivity index (χ0n) is 28.2. The highest BCUT2D eigenvalue weighted by Gasteiger charge is 2.27. The molecule has 10 heteroatoms. The maximum atomic E-state index is 12.5. The SMILES string of the molecule is CCCCC/C=C/CCCCCCCC(=O)O[C@@H](COC(=O)CCCCCCCCC)COP(=O)(O)OCC[N+](C)(C)C. The highest BCUT2D eigenvalue weighted by atomic mass is 31.2. The van der Waals surface area contributed by atoms with Crippen molar-refractivity contribution in [3.05, 3.63) is 12.2 Å². The number of likely N-dealkylation sites (N-methyl/N-ethyl adjacent to an activating group) is 1. The van der Waals surface area contributed by atoms with E-state index in [4.69, 9.17) is 18.5 Å². The minimum absolute atomic E-state index is 0.0322. The third-order valence-electron chi connectivity index (χ3n) is 7.05. The monoisotopic (exact) mass is 634 g/mol. The Morgan fingerprint density at radius 3 is 1.77 bits per heavy atom. The first-order valence-electron chi connectivity index (χ1n) is 16.9. The summed E-state index contributed by atoms with van der Waals surface area (Å²) in [6, 6.07) is 0. The lowest BCUT2D eigenvalue weighted by atomic mass is 10.1. The average Bonchev–Trinajstić information content (AvgIpc) is 2.93. The van der Waals surface area contributed by atoms with E-state index >= 15 is 0 Å². The van der Waals surface area contributed by atoms with Crippen LogP contribution in [0.3, 0.4) is 0 Å². The van der Waals surface area contributed by atoms with Crippen molar-refractivity contribution in [3.8, 4) is 0 Å². The van der Waals surface area contributed by atoms with Crippen LogP contribution in [-0.2, 0) is 32.7 Å². The molecule has 2 atom stereocenters. The molecule has 0 heterocycles. The molecule has 0 aromatic heterocycles. The van der Waals surface area contributed by atoms with Gasteiger partial charge in [-0.05, 0) is 38.5 Å². The zero-order chi connectivity index (χ0) is 32.2. The summed E-state index contributed by atoms with van der Waals surface area (Å²) < 4.78 is 33.9. The number of nitrogens with zero attached hydrogens (tertiary/aromatic N) is 1. The maximum absolute atomic E-state index is 12.5. The largest absolute Gasteiger partial charge is 0.472 e. The quantitative estimate of drug-likeness (QED) is 0.0276. The Morgan fingerprint density at radius 1 is 0.698 bits per heavy atom. The highest BCUT2D eigenvalue weighted by molar-refractivity contribution is 7.47. The van der Waals surface area contributed by atoms with Crippen molar-refractivity contribution in [2.45, 2.75) is 142 Å². The van der Waals surface area contributed by atoms with E-state index in [-0.39, 0.29) is 32.0 Å². The number of phosphoric ester groups is 1. The van der Waals surface area contributed by atoms with E-state index in [1.54, 1.807) is 0 Å². The first-order valence-corrected chi connectivity index (χ1v) is 18.4. The molecule has 0 bridgehead atoms. The van der Waals surface area contributed by atoms with Gasteiger partial charge in [-0.25, -0.2) is 4.57 Å². The fourth-order valence-electron chi connectivity index (χ4n) is 4.30. The van der Waals surface area contributed by atoms with Crippen LogP contribution in [0.15, 0.2) is 12.2 Å². The number of hydrogen-bond acceptors (Lipinski definition) is 7. The number of rotatable bonds is 30. The van der Waals surface area contributed by atoms with Crippen molar-refractivity contribution in [1.82, 2.24) is 0 Å². The van der Waals surface area contributed by atoms with Gasteiger partial charge in [-0.2, -0.15) is 0 Å². The summed E-state index contributed by atoms with van der Waals surface area (Å²) in [5.74, 6) is -0.817. The smallest absolute Gasteiger partial charge is 0.462 e. The summed E-state index contributed by atoms with van der Waals surface area (Å²) in [5.41, 5.74) is 0. The molecule has 0 amide bonds. The molecule has 0 fully saturated rings. The number of phosphoric acid groups is 1. The van der Waals surface area contributed by atoms with Gasteiger partial charge in [0.2, 0.25) is 0 Å². The van der Waals surface area contributed by atoms with Gasteiger partial charge in [-0.3, -0.25) is 18.6 Å². The normalized spacial score (nSPS) is 14.1. The molecule has 0 saturated heterocycles.